The van der Waals surface area contributed by atoms with E-state index in [1.165, 1.54) is 6.07 Å². The standard InChI is InChI=1S/C17H26N2O5/c1-17(2,3)24-16(23)19-8-6-12(7-9-19)18-10-11-4-5-13(20)15(22)14(11)21/h4-5,12,18,20-22H,6-10H2,1-3H3. The highest BCUT2D eigenvalue weighted by atomic mass is 16.6. The first-order chi connectivity index (χ1) is 11.2. The van der Waals surface area contributed by atoms with Crippen molar-refractivity contribution in [1.29, 1.82) is 0 Å². The lowest BCUT2D eigenvalue weighted by atomic mass is 10.0. The SMILES string of the molecule is CC(C)(C)OC(=O)N1CCC(NCc2ccc(O)c(O)c2O)CC1. The van der Waals surface area contributed by atoms with E-state index in [0.717, 1.165) is 12.8 Å². The highest BCUT2D eigenvalue weighted by molar-refractivity contribution is 5.68. The van der Waals surface area contributed by atoms with Crippen LogP contribution in [-0.4, -0.2) is 51.0 Å². The monoisotopic (exact) mass is 338 g/mol. The van der Waals surface area contributed by atoms with Crippen LogP contribution in [-0.2, 0) is 11.3 Å². The Balaban J connectivity index is 1.82. The van der Waals surface area contributed by atoms with Gasteiger partial charge in [-0.1, -0.05) is 6.07 Å². The number of nitrogens with one attached hydrogen (secondary N) is 1. The average molecular weight is 338 g/mol. The van der Waals surface area contributed by atoms with Gasteiger partial charge in [-0.15, -0.1) is 0 Å². The van der Waals surface area contributed by atoms with Crippen LogP contribution in [0.2, 0.25) is 0 Å². The lowest BCUT2D eigenvalue weighted by Gasteiger charge is -2.33. The van der Waals surface area contributed by atoms with Gasteiger partial charge in [-0.2, -0.15) is 0 Å². The van der Waals surface area contributed by atoms with E-state index in [9.17, 15) is 20.1 Å². The number of carbonyl (C=O) groups is 1. The van der Waals surface area contributed by atoms with E-state index in [-0.39, 0.29) is 23.6 Å². The summed E-state index contributed by atoms with van der Waals surface area (Å²) < 4.78 is 5.36. The van der Waals surface area contributed by atoms with Gasteiger partial charge in [-0.05, 0) is 39.7 Å². The summed E-state index contributed by atoms with van der Waals surface area (Å²) in [7, 11) is 0. The largest absolute Gasteiger partial charge is 0.504 e. The lowest BCUT2D eigenvalue weighted by Crippen LogP contribution is -2.46. The van der Waals surface area contributed by atoms with Crippen molar-refractivity contribution < 1.29 is 24.9 Å². The van der Waals surface area contributed by atoms with Crippen molar-refractivity contribution in [3.05, 3.63) is 17.7 Å². The van der Waals surface area contributed by atoms with Crippen LogP contribution < -0.4 is 5.32 Å². The van der Waals surface area contributed by atoms with Gasteiger partial charge in [0, 0.05) is 31.2 Å². The predicted molar refractivity (Wildman–Crippen MR) is 89.1 cm³/mol. The molecule has 1 saturated heterocycles. The Kier molecular flexibility index (Phi) is 5.43. The van der Waals surface area contributed by atoms with E-state index in [4.69, 9.17) is 4.74 Å². The molecule has 0 aromatic heterocycles. The predicted octanol–water partition coefficient (Wildman–Crippen LogP) is 2.29. The molecule has 1 heterocycles. The molecule has 1 fully saturated rings. The molecule has 2 rings (SSSR count). The van der Waals surface area contributed by atoms with Crippen molar-refractivity contribution in [3.8, 4) is 17.2 Å². The fourth-order valence-corrected chi connectivity index (χ4v) is 2.60. The zero-order valence-corrected chi connectivity index (χ0v) is 14.4. The van der Waals surface area contributed by atoms with Crippen molar-refractivity contribution in [1.82, 2.24) is 10.2 Å². The molecule has 0 unspecified atom stereocenters. The third-order valence-electron chi connectivity index (χ3n) is 3.94. The first-order valence-corrected chi connectivity index (χ1v) is 8.11. The van der Waals surface area contributed by atoms with E-state index in [0.29, 0.717) is 25.2 Å². The van der Waals surface area contributed by atoms with Crippen molar-refractivity contribution in [2.24, 2.45) is 0 Å². The molecule has 7 heteroatoms. The Hall–Kier alpha value is -2.15. The Labute approximate surface area is 141 Å². The molecular formula is C17H26N2O5. The number of piperidine rings is 1. The number of rotatable bonds is 3. The highest BCUT2D eigenvalue weighted by Crippen LogP contribution is 2.37. The molecule has 7 nitrogen and oxygen atoms in total. The summed E-state index contributed by atoms with van der Waals surface area (Å²) in [4.78, 5) is 13.7. The number of aromatic hydroxyl groups is 3. The zero-order chi connectivity index (χ0) is 17.9. The van der Waals surface area contributed by atoms with Gasteiger partial charge in [0.05, 0.1) is 0 Å². The summed E-state index contributed by atoms with van der Waals surface area (Å²) in [6, 6.07) is 3.11. The van der Waals surface area contributed by atoms with E-state index in [1.54, 1.807) is 11.0 Å². The number of benzene rings is 1. The van der Waals surface area contributed by atoms with Gasteiger partial charge in [0.25, 0.3) is 0 Å². The zero-order valence-electron chi connectivity index (χ0n) is 14.4. The number of phenols is 3. The molecule has 1 aromatic rings. The van der Waals surface area contributed by atoms with E-state index in [2.05, 4.69) is 5.32 Å². The second-order valence-corrected chi connectivity index (χ2v) is 7.06. The van der Waals surface area contributed by atoms with Crippen LogP contribution in [0.15, 0.2) is 12.1 Å². The van der Waals surface area contributed by atoms with Crippen LogP contribution >= 0.6 is 0 Å². The number of hydrogen-bond donors (Lipinski definition) is 4. The molecule has 24 heavy (non-hydrogen) atoms. The quantitative estimate of drug-likeness (QED) is 0.631. The van der Waals surface area contributed by atoms with Crippen LogP contribution in [0.5, 0.6) is 17.2 Å². The molecule has 1 amide bonds. The molecule has 1 aliphatic rings. The van der Waals surface area contributed by atoms with Gasteiger partial charge in [0.15, 0.2) is 11.5 Å². The number of nitrogens with zero attached hydrogens (tertiary/aromatic N) is 1. The minimum absolute atomic E-state index is 0.207. The van der Waals surface area contributed by atoms with Crippen molar-refractivity contribution in [2.45, 2.75) is 51.8 Å². The maximum Gasteiger partial charge on any atom is 0.410 e. The first kappa shape index (κ1) is 18.2. The number of amides is 1. The van der Waals surface area contributed by atoms with Crippen LogP contribution in [0.4, 0.5) is 4.79 Å². The van der Waals surface area contributed by atoms with Gasteiger partial charge in [-0.25, -0.2) is 4.79 Å². The molecule has 1 aromatic carbocycles. The Morgan fingerprint density at radius 1 is 1.21 bits per heavy atom. The topological polar surface area (TPSA) is 102 Å². The van der Waals surface area contributed by atoms with Gasteiger partial charge >= 0.3 is 6.09 Å². The molecule has 0 spiro atoms. The Morgan fingerprint density at radius 2 is 1.83 bits per heavy atom. The molecule has 1 aliphatic heterocycles. The molecule has 0 radical (unpaired) electrons. The molecule has 0 saturated carbocycles. The number of carbonyl (C=O) groups excluding carboxylic acids is 1. The van der Waals surface area contributed by atoms with Crippen molar-refractivity contribution >= 4 is 6.09 Å². The van der Waals surface area contributed by atoms with Crippen molar-refractivity contribution in [3.63, 3.8) is 0 Å². The smallest absolute Gasteiger partial charge is 0.410 e. The fourth-order valence-electron chi connectivity index (χ4n) is 2.60. The summed E-state index contributed by atoms with van der Waals surface area (Å²) in [5.74, 6) is -1.16. The minimum Gasteiger partial charge on any atom is -0.504 e. The Bertz CT molecular complexity index is 589. The first-order valence-electron chi connectivity index (χ1n) is 8.11. The third-order valence-corrected chi connectivity index (χ3v) is 3.94. The third kappa shape index (κ3) is 4.67. The van der Waals surface area contributed by atoms with Gasteiger partial charge < -0.3 is 30.3 Å². The lowest BCUT2D eigenvalue weighted by molar-refractivity contribution is 0.0198. The van der Waals surface area contributed by atoms with Gasteiger partial charge in [-0.3, -0.25) is 0 Å². The summed E-state index contributed by atoms with van der Waals surface area (Å²) in [6.45, 7) is 7.13. The minimum atomic E-state index is -0.506. The molecule has 4 N–H and O–H groups in total. The summed E-state index contributed by atoms with van der Waals surface area (Å²) in [6.07, 6.45) is 1.27. The molecule has 0 aliphatic carbocycles. The van der Waals surface area contributed by atoms with Crippen LogP contribution in [0.1, 0.15) is 39.2 Å². The summed E-state index contributed by atoms with van der Waals surface area (Å²) >= 11 is 0. The second kappa shape index (κ2) is 7.17. The van der Waals surface area contributed by atoms with E-state index in [1.807, 2.05) is 20.8 Å². The maximum absolute atomic E-state index is 12.0. The second-order valence-electron chi connectivity index (χ2n) is 7.06. The van der Waals surface area contributed by atoms with Gasteiger partial charge in [0.1, 0.15) is 5.60 Å². The molecule has 0 bridgehead atoms. The van der Waals surface area contributed by atoms with Crippen molar-refractivity contribution in [2.75, 3.05) is 13.1 Å². The van der Waals surface area contributed by atoms with Crippen LogP contribution in [0.3, 0.4) is 0 Å². The summed E-state index contributed by atoms with van der Waals surface area (Å²) in [5.41, 5.74) is 0.0183. The fraction of sp³-hybridized carbons (Fsp3) is 0.588. The van der Waals surface area contributed by atoms with Crippen LogP contribution in [0.25, 0.3) is 0 Å². The number of phenolic OH excluding ortho intramolecular Hbond substituents is 3. The number of hydrogen-bond acceptors (Lipinski definition) is 6. The molecular weight excluding hydrogens is 312 g/mol. The average Bonchev–Trinajstić information content (AvgIpc) is 2.51. The van der Waals surface area contributed by atoms with Gasteiger partial charge in [0.2, 0.25) is 5.75 Å². The number of likely N-dealkylation sites (tertiary alicyclic amines) is 1. The molecule has 0 atom stereocenters. The van der Waals surface area contributed by atoms with E-state index < -0.39 is 11.4 Å². The Morgan fingerprint density at radius 3 is 2.42 bits per heavy atom. The van der Waals surface area contributed by atoms with E-state index >= 15 is 0 Å². The number of ether oxygens (including phenoxy) is 1. The summed E-state index contributed by atoms with van der Waals surface area (Å²) in [5, 5.41) is 32.0. The molecule has 134 valence electrons. The maximum atomic E-state index is 12.0. The van der Waals surface area contributed by atoms with Crippen LogP contribution in [0, 0.1) is 0 Å². The highest BCUT2D eigenvalue weighted by Gasteiger charge is 2.26. The normalized spacial score (nSPS) is 16.2.